The molecule has 4 rings (SSSR count). The molecule has 0 bridgehead atoms. The van der Waals surface area contributed by atoms with E-state index in [-0.39, 0.29) is 0 Å². The summed E-state index contributed by atoms with van der Waals surface area (Å²) in [6.07, 6.45) is 3.76. The molecule has 0 aromatic carbocycles. The van der Waals surface area contributed by atoms with Crippen molar-refractivity contribution in [2.45, 2.75) is 19.4 Å². The Balaban J connectivity index is 1.54. The van der Waals surface area contributed by atoms with Crippen molar-refractivity contribution in [3.63, 3.8) is 0 Å². The van der Waals surface area contributed by atoms with Gasteiger partial charge in [0.2, 0.25) is 5.95 Å². The summed E-state index contributed by atoms with van der Waals surface area (Å²) in [6, 6.07) is 6.10. The van der Waals surface area contributed by atoms with Gasteiger partial charge in [-0.25, -0.2) is 4.98 Å². The van der Waals surface area contributed by atoms with Crippen LogP contribution in [0.2, 0.25) is 0 Å². The lowest BCUT2D eigenvalue weighted by Gasteiger charge is -2.29. The fourth-order valence-corrected chi connectivity index (χ4v) is 4.46. The molecule has 0 saturated carbocycles. The molecule has 0 radical (unpaired) electrons. The Morgan fingerprint density at radius 1 is 1.04 bits per heavy atom. The van der Waals surface area contributed by atoms with Gasteiger partial charge in [0.25, 0.3) is 0 Å². The number of pyridine rings is 1. The highest BCUT2D eigenvalue weighted by Gasteiger charge is 2.24. The molecule has 2 aromatic rings. The average molecular weight is 356 g/mol. The standard InChI is InChI=1S/C18H24N6S/c19-18-21-16-5-8-23(13-14-3-1-2-6-20-14)7-4-15(16)17(22-18)24-9-11-25-12-10-24/h1-3,6H,4-5,7-13H2,(H2,19,21,22). The lowest BCUT2D eigenvalue weighted by molar-refractivity contribution is 0.275. The molecule has 1 fully saturated rings. The largest absolute Gasteiger partial charge is 0.368 e. The van der Waals surface area contributed by atoms with Crippen LogP contribution in [0.3, 0.4) is 0 Å². The van der Waals surface area contributed by atoms with E-state index in [0.29, 0.717) is 5.95 Å². The van der Waals surface area contributed by atoms with Crippen LogP contribution in [-0.2, 0) is 19.4 Å². The Labute approximate surface area is 152 Å². The van der Waals surface area contributed by atoms with E-state index in [1.165, 1.54) is 5.56 Å². The topological polar surface area (TPSA) is 71.2 Å². The van der Waals surface area contributed by atoms with Crippen molar-refractivity contribution in [1.29, 1.82) is 0 Å². The third-order valence-electron chi connectivity index (χ3n) is 4.85. The predicted molar refractivity (Wildman–Crippen MR) is 103 cm³/mol. The molecule has 0 aliphatic carbocycles. The molecule has 2 aromatic heterocycles. The number of rotatable bonds is 3. The molecular formula is C18H24N6S. The second-order valence-electron chi connectivity index (χ2n) is 6.53. The fourth-order valence-electron chi connectivity index (χ4n) is 3.56. The fraction of sp³-hybridized carbons (Fsp3) is 0.500. The molecule has 0 unspecified atom stereocenters. The molecule has 1 saturated heterocycles. The molecule has 0 amide bonds. The number of thioether (sulfide) groups is 1. The molecule has 4 heterocycles. The van der Waals surface area contributed by atoms with Gasteiger partial charge in [-0.15, -0.1) is 0 Å². The summed E-state index contributed by atoms with van der Waals surface area (Å²) in [7, 11) is 0. The van der Waals surface area contributed by atoms with Gasteiger partial charge in [-0.05, 0) is 18.6 Å². The monoisotopic (exact) mass is 356 g/mol. The van der Waals surface area contributed by atoms with E-state index in [2.05, 4.69) is 30.8 Å². The summed E-state index contributed by atoms with van der Waals surface area (Å²) in [4.78, 5) is 18.5. The minimum Gasteiger partial charge on any atom is -0.368 e. The first-order valence-corrected chi connectivity index (χ1v) is 10.1. The Kier molecular flexibility index (Phi) is 5.03. The van der Waals surface area contributed by atoms with Crippen molar-refractivity contribution in [3.8, 4) is 0 Å². The minimum atomic E-state index is 0.408. The van der Waals surface area contributed by atoms with Gasteiger partial charge < -0.3 is 10.6 Å². The van der Waals surface area contributed by atoms with Gasteiger partial charge in [0, 0.05) is 62.4 Å². The summed E-state index contributed by atoms with van der Waals surface area (Å²) in [5.74, 6) is 3.79. The molecule has 132 valence electrons. The zero-order valence-corrected chi connectivity index (χ0v) is 15.2. The number of nitrogens with two attached hydrogens (primary N) is 1. The molecular weight excluding hydrogens is 332 g/mol. The zero-order chi connectivity index (χ0) is 17.1. The van der Waals surface area contributed by atoms with Gasteiger partial charge in [0.1, 0.15) is 5.82 Å². The summed E-state index contributed by atoms with van der Waals surface area (Å²) < 4.78 is 0. The van der Waals surface area contributed by atoms with Crippen molar-refractivity contribution in [2.75, 3.05) is 48.3 Å². The summed E-state index contributed by atoms with van der Waals surface area (Å²) in [5.41, 5.74) is 9.56. The van der Waals surface area contributed by atoms with E-state index < -0.39 is 0 Å². The van der Waals surface area contributed by atoms with Crippen LogP contribution in [0.15, 0.2) is 24.4 Å². The first kappa shape index (κ1) is 16.6. The van der Waals surface area contributed by atoms with Crippen molar-refractivity contribution in [3.05, 3.63) is 41.3 Å². The Bertz CT molecular complexity index is 717. The van der Waals surface area contributed by atoms with Gasteiger partial charge in [-0.3, -0.25) is 9.88 Å². The number of nitrogens with zero attached hydrogens (tertiary/aromatic N) is 5. The number of nitrogen functional groups attached to an aromatic ring is 1. The number of hydrogen-bond acceptors (Lipinski definition) is 7. The highest BCUT2D eigenvalue weighted by atomic mass is 32.2. The SMILES string of the molecule is Nc1nc2c(c(N3CCSCC3)n1)CCN(Cc1ccccn1)CC2. The molecule has 25 heavy (non-hydrogen) atoms. The molecule has 0 atom stereocenters. The Morgan fingerprint density at radius 3 is 2.68 bits per heavy atom. The smallest absolute Gasteiger partial charge is 0.222 e. The average Bonchev–Trinajstić information content (AvgIpc) is 2.85. The summed E-state index contributed by atoms with van der Waals surface area (Å²) >= 11 is 2.01. The van der Waals surface area contributed by atoms with Crippen LogP contribution in [0.1, 0.15) is 17.0 Å². The number of aromatic nitrogens is 3. The molecule has 6 nitrogen and oxygen atoms in total. The van der Waals surface area contributed by atoms with E-state index in [1.54, 1.807) is 0 Å². The van der Waals surface area contributed by atoms with E-state index in [4.69, 9.17) is 5.73 Å². The highest BCUT2D eigenvalue weighted by Crippen LogP contribution is 2.27. The molecule has 7 heteroatoms. The van der Waals surface area contributed by atoms with Crippen molar-refractivity contribution in [1.82, 2.24) is 19.9 Å². The van der Waals surface area contributed by atoms with Gasteiger partial charge in [-0.2, -0.15) is 16.7 Å². The third kappa shape index (κ3) is 3.88. The second kappa shape index (κ2) is 7.58. The number of fused-ring (bicyclic) bond motifs is 1. The molecule has 2 aliphatic rings. The number of anilines is 2. The Hall–Kier alpha value is -1.86. The normalized spacial score (nSPS) is 18.6. The minimum absolute atomic E-state index is 0.408. The Morgan fingerprint density at radius 2 is 1.88 bits per heavy atom. The maximum atomic E-state index is 6.02. The predicted octanol–water partition coefficient (Wildman–Crippen LogP) is 1.61. The summed E-state index contributed by atoms with van der Waals surface area (Å²) in [6.45, 7) is 4.96. The van der Waals surface area contributed by atoms with Crippen molar-refractivity contribution in [2.24, 2.45) is 0 Å². The first-order valence-electron chi connectivity index (χ1n) is 8.90. The van der Waals surface area contributed by atoms with E-state index >= 15 is 0 Å². The highest BCUT2D eigenvalue weighted by molar-refractivity contribution is 7.99. The van der Waals surface area contributed by atoms with Gasteiger partial charge in [-0.1, -0.05) is 6.07 Å². The molecule has 2 aliphatic heterocycles. The van der Waals surface area contributed by atoms with Crippen LogP contribution in [0.25, 0.3) is 0 Å². The van der Waals surface area contributed by atoms with Gasteiger partial charge >= 0.3 is 0 Å². The van der Waals surface area contributed by atoms with Crippen LogP contribution in [-0.4, -0.2) is 57.5 Å². The number of hydrogen-bond donors (Lipinski definition) is 1. The van der Waals surface area contributed by atoms with Crippen LogP contribution in [0.4, 0.5) is 11.8 Å². The van der Waals surface area contributed by atoms with E-state index in [0.717, 1.165) is 74.3 Å². The van der Waals surface area contributed by atoms with Gasteiger partial charge in [0.15, 0.2) is 0 Å². The maximum absolute atomic E-state index is 6.02. The zero-order valence-electron chi connectivity index (χ0n) is 14.4. The second-order valence-corrected chi connectivity index (χ2v) is 7.75. The van der Waals surface area contributed by atoms with Gasteiger partial charge in [0.05, 0.1) is 11.4 Å². The van der Waals surface area contributed by atoms with E-state index in [1.807, 2.05) is 30.1 Å². The lowest BCUT2D eigenvalue weighted by Crippen LogP contribution is -2.34. The lowest BCUT2D eigenvalue weighted by atomic mass is 10.1. The van der Waals surface area contributed by atoms with Crippen LogP contribution < -0.4 is 10.6 Å². The van der Waals surface area contributed by atoms with Crippen LogP contribution in [0.5, 0.6) is 0 Å². The van der Waals surface area contributed by atoms with Crippen LogP contribution >= 0.6 is 11.8 Å². The third-order valence-corrected chi connectivity index (χ3v) is 5.80. The first-order chi connectivity index (χ1) is 12.3. The van der Waals surface area contributed by atoms with Crippen LogP contribution in [0, 0.1) is 0 Å². The molecule has 2 N–H and O–H groups in total. The van der Waals surface area contributed by atoms with Crippen molar-refractivity contribution < 1.29 is 0 Å². The molecule has 0 spiro atoms. The van der Waals surface area contributed by atoms with E-state index in [9.17, 15) is 0 Å². The quantitative estimate of drug-likeness (QED) is 0.896. The summed E-state index contributed by atoms with van der Waals surface area (Å²) in [5, 5.41) is 0. The maximum Gasteiger partial charge on any atom is 0.222 e. The van der Waals surface area contributed by atoms with Crippen molar-refractivity contribution >= 4 is 23.5 Å².